The molecule has 5 heteroatoms. The number of nitrogens with one attached hydrogen (secondary N) is 1. The van der Waals surface area contributed by atoms with Gasteiger partial charge in [0.25, 0.3) is 11.8 Å². The van der Waals surface area contributed by atoms with Crippen molar-refractivity contribution in [3.8, 4) is 0 Å². The molecule has 0 bridgehead atoms. The third-order valence-corrected chi connectivity index (χ3v) is 5.55. The average molecular weight is 352 g/mol. The van der Waals surface area contributed by atoms with E-state index in [2.05, 4.69) is 5.32 Å². The fraction of sp³-hybridized carbons (Fsp3) is 0.333. The molecular weight excluding hydrogens is 331 g/mol. The van der Waals surface area contributed by atoms with E-state index in [9.17, 15) is 14.0 Å². The lowest BCUT2D eigenvalue weighted by molar-refractivity contribution is 0.0805. The van der Waals surface area contributed by atoms with Gasteiger partial charge in [0.05, 0.1) is 16.7 Å². The number of nitrogens with zero attached hydrogens (tertiary/aromatic N) is 1. The number of benzene rings is 2. The van der Waals surface area contributed by atoms with Crippen LogP contribution in [0.25, 0.3) is 0 Å². The second kappa shape index (κ2) is 6.24. The molecule has 26 heavy (non-hydrogen) atoms. The highest BCUT2D eigenvalue weighted by Crippen LogP contribution is 2.39. The predicted molar refractivity (Wildman–Crippen MR) is 96.3 cm³/mol. The van der Waals surface area contributed by atoms with Gasteiger partial charge < -0.3 is 10.2 Å². The Bertz CT molecular complexity index is 887. The van der Waals surface area contributed by atoms with Crippen LogP contribution in [0.2, 0.25) is 0 Å². The number of fused-ring (bicyclic) bond motifs is 1. The third-order valence-electron chi connectivity index (χ3n) is 5.55. The number of carbonyl (C=O) groups is 2. The maximum Gasteiger partial charge on any atom is 0.255 e. The quantitative estimate of drug-likeness (QED) is 0.917. The van der Waals surface area contributed by atoms with Gasteiger partial charge in [-0.15, -0.1) is 0 Å². The summed E-state index contributed by atoms with van der Waals surface area (Å²) in [5.74, 6) is -0.700. The molecule has 0 spiro atoms. The number of hydrogen-bond acceptors (Lipinski definition) is 2. The Labute approximate surface area is 152 Å². The Morgan fingerprint density at radius 1 is 1.15 bits per heavy atom. The first kappa shape index (κ1) is 16.8. The van der Waals surface area contributed by atoms with E-state index in [4.69, 9.17) is 0 Å². The molecule has 0 saturated heterocycles. The van der Waals surface area contributed by atoms with Gasteiger partial charge in [0.15, 0.2) is 0 Å². The van der Waals surface area contributed by atoms with Gasteiger partial charge in [0, 0.05) is 13.6 Å². The SMILES string of the molecule is CN1Cc2cccc(C(=O)NC3(c4cccc(F)c4)CCCC3)c2C1=O. The van der Waals surface area contributed by atoms with Crippen LogP contribution in [0.4, 0.5) is 4.39 Å². The molecule has 1 heterocycles. The van der Waals surface area contributed by atoms with Crippen LogP contribution in [0.15, 0.2) is 42.5 Å². The normalized spacial score (nSPS) is 18.1. The van der Waals surface area contributed by atoms with Crippen LogP contribution in [0.5, 0.6) is 0 Å². The number of rotatable bonds is 3. The summed E-state index contributed by atoms with van der Waals surface area (Å²) in [5.41, 5.74) is 1.98. The maximum atomic E-state index is 13.8. The number of amides is 2. The molecule has 2 aliphatic rings. The average Bonchev–Trinajstić information content (AvgIpc) is 3.21. The van der Waals surface area contributed by atoms with Crippen molar-refractivity contribution in [2.45, 2.75) is 37.8 Å². The van der Waals surface area contributed by atoms with E-state index in [1.165, 1.54) is 12.1 Å². The minimum atomic E-state index is -0.574. The second-order valence-corrected chi connectivity index (χ2v) is 7.25. The van der Waals surface area contributed by atoms with Gasteiger partial charge in [-0.05, 0) is 42.2 Å². The van der Waals surface area contributed by atoms with Gasteiger partial charge in [-0.1, -0.05) is 37.1 Å². The van der Waals surface area contributed by atoms with Crippen molar-refractivity contribution in [2.75, 3.05) is 7.05 Å². The Morgan fingerprint density at radius 3 is 2.62 bits per heavy atom. The van der Waals surface area contributed by atoms with Crippen molar-refractivity contribution in [3.05, 3.63) is 70.5 Å². The van der Waals surface area contributed by atoms with E-state index in [0.717, 1.165) is 36.8 Å². The summed E-state index contributed by atoms with van der Waals surface area (Å²) in [6.07, 6.45) is 3.49. The van der Waals surface area contributed by atoms with Crippen LogP contribution < -0.4 is 5.32 Å². The highest BCUT2D eigenvalue weighted by molar-refractivity contribution is 6.09. The predicted octanol–water partition coefficient (Wildman–Crippen LogP) is 3.61. The molecule has 2 aromatic rings. The van der Waals surface area contributed by atoms with Gasteiger partial charge >= 0.3 is 0 Å². The molecule has 0 radical (unpaired) electrons. The van der Waals surface area contributed by atoms with Crippen LogP contribution in [0, 0.1) is 5.82 Å². The molecule has 4 rings (SSSR count). The highest BCUT2D eigenvalue weighted by atomic mass is 19.1. The summed E-state index contributed by atoms with van der Waals surface area (Å²) in [4.78, 5) is 27.2. The molecule has 2 aromatic carbocycles. The molecule has 4 nitrogen and oxygen atoms in total. The van der Waals surface area contributed by atoms with E-state index >= 15 is 0 Å². The van der Waals surface area contributed by atoms with Crippen LogP contribution in [-0.4, -0.2) is 23.8 Å². The van der Waals surface area contributed by atoms with Gasteiger partial charge in [0.1, 0.15) is 5.82 Å². The molecule has 1 fully saturated rings. The van der Waals surface area contributed by atoms with Crippen molar-refractivity contribution in [1.29, 1.82) is 0 Å². The van der Waals surface area contributed by atoms with E-state index in [1.54, 1.807) is 24.1 Å². The first-order valence-electron chi connectivity index (χ1n) is 8.96. The number of hydrogen-bond donors (Lipinski definition) is 1. The van der Waals surface area contributed by atoms with Crippen molar-refractivity contribution >= 4 is 11.8 Å². The molecule has 1 N–H and O–H groups in total. The number of carbonyl (C=O) groups excluding carboxylic acids is 2. The first-order valence-corrected chi connectivity index (χ1v) is 8.96. The fourth-order valence-electron chi connectivity index (χ4n) is 4.23. The molecular formula is C21H21FN2O2. The van der Waals surface area contributed by atoms with Crippen LogP contribution >= 0.6 is 0 Å². The highest BCUT2D eigenvalue weighted by Gasteiger charge is 2.39. The van der Waals surface area contributed by atoms with Crippen LogP contribution in [0.3, 0.4) is 0 Å². The second-order valence-electron chi connectivity index (χ2n) is 7.25. The molecule has 0 unspecified atom stereocenters. The molecule has 1 saturated carbocycles. The Kier molecular flexibility index (Phi) is 4.02. The van der Waals surface area contributed by atoms with E-state index in [1.807, 2.05) is 18.2 Å². The summed E-state index contributed by atoms with van der Waals surface area (Å²) in [6.45, 7) is 0.518. The summed E-state index contributed by atoms with van der Waals surface area (Å²) in [5, 5.41) is 3.14. The molecule has 0 atom stereocenters. The van der Waals surface area contributed by atoms with E-state index in [0.29, 0.717) is 17.7 Å². The lowest BCUT2D eigenvalue weighted by Crippen LogP contribution is -2.44. The van der Waals surface area contributed by atoms with Crippen molar-refractivity contribution in [1.82, 2.24) is 10.2 Å². The topological polar surface area (TPSA) is 49.4 Å². The van der Waals surface area contributed by atoms with E-state index in [-0.39, 0.29) is 17.6 Å². The lowest BCUT2D eigenvalue weighted by Gasteiger charge is -2.31. The van der Waals surface area contributed by atoms with Crippen molar-refractivity contribution < 1.29 is 14.0 Å². The fourth-order valence-corrected chi connectivity index (χ4v) is 4.23. The standard InChI is InChI=1S/C21H21FN2O2/c1-24-13-14-6-4-9-17(18(14)20(24)26)19(25)23-21(10-2-3-11-21)15-7-5-8-16(22)12-15/h4-9,12H,2-3,10-11,13H2,1H3,(H,23,25). The Morgan fingerprint density at radius 2 is 1.88 bits per heavy atom. The molecule has 2 amide bonds. The largest absolute Gasteiger partial charge is 0.343 e. The molecule has 1 aliphatic carbocycles. The zero-order valence-corrected chi connectivity index (χ0v) is 14.7. The van der Waals surface area contributed by atoms with Crippen molar-refractivity contribution in [3.63, 3.8) is 0 Å². The van der Waals surface area contributed by atoms with Crippen LogP contribution in [0.1, 0.15) is 57.5 Å². The maximum absolute atomic E-state index is 13.8. The minimum absolute atomic E-state index is 0.128. The summed E-state index contributed by atoms with van der Waals surface area (Å²) >= 11 is 0. The zero-order valence-electron chi connectivity index (χ0n) is 14.7. The number of halogens is 1. The summed E-state index contributed by atoms with van der Waals surface area (Å²) in [6, 6.07) is 11.8. The molecule has 1 aliphatic heterocycles. The lowest BCUT2D eigenvalue weighted by atomic mass is 9.87. The first-order chi connectivity index (χ1) is 12.5. The van der Waals surface area contributed by atoms with Crippen LogP contribution in [-0.2, 0) is 12.1 Å². The monoisotopic (exact) mass is 352 g/mol. The smallest absolute Gasteiger partial charge is 0.255 e. The summed E-state index contributed by atoms with van der Waals surface area (Å²) < 4.78 is 13.8. The minimum Gasteiger partial charge on any atom is -0.343 e. The zero-order chi connectivity index (χ0) is 18.3. The molecule has 0 aromatic heterocycles. The molecule has 134 valence electrons. The Hall–Kier alpha value is -2.69. The van der Waals surface area contributed by atoms with Crippen molar-refractivity contribution in [2.24, 2.45) is 0 Å². The summed E-state index contributed by atoms with van der Waals surface area (Å²) in [7, 11) is 1.73. The van der Waals surface area contributed by atoms with Gasteiger partial charge in [-0.3, -0.25) is 9.59 Å². The Balaban J connectivity index is 1.70. The van der Waals surface area contributed by atoms with E-state index < -0.39 is 5.54 Å². The van der Waals surface area contributed by atoms with Gasteiger partial charge in [0.2, 0.25) is 0 Å². The van der Waals surface area contributed by atoms with Gasteiger partial charge in [-0.25, -0.2) is 4.39 Å². The van der Waals surface area contributed by atoms with Gasteiger partial charge in [-0.2, -0.15) is 0 Å². The third kappa shape index (κ3) is 2.68.